The monoisotopic (exact) mass is 435 g/mol. The molecule has 8 nitrogen and oxygen atoms in total. The van der Waals surface area contributed by atoms with Gasteiger partial charge in [0.05, 0.1) is 13.2 Å². The molecular weight excluding hydrogens is 402 g/mol. The zero-order chi connectivity index (χ0) is 23.1. The first kappa shape index (κ1) is 24.8. The fraction of sp³-hybridized carbons (Fsp3) is 0.565. The maximum Gasteiger partial charge on any atom is 0.408 e. The minimum Gasteiger partial charge on any atom is -0.454 e. The van der Waals surface area contributed by atoms with Gasteiger partial charge in [-0.15, -0.1) is 0 Å². The van der Waals surface area contributed by atoms with Crippen LogP contribution in [-0.4, -0.2) is 54.9 Å². The normalized spacial score (nSPS) is 21.2. The molecule has 3 atom stereocenters. The molecule has 0 spiro atoms. The summed E-state index contributed by atoms with van der Waals surface area (Å²) in [7, 11) is 0. The van der Waals surface area contributed by atoms with Gasteiger partial charge in [0, 0.05) is 0 Å². The molecule has 0 bridgehead atoms. The summed E-state index contributed by atoms with van der Waals surface area (Å²) in [6.45, 7) is 12.8. The second-order valence-electron chi connectivity index (χ2n) is 8.68. The van der Waals surface area contributed by atoms with E-state index in [2.05, 4.69) is 11.9 Å². The molecule has 0 aromatic heterocycles. The number of esters is 1. The summed E-state index contributed by atoms with van der Waals surface area (Å²) >= 11 is 0. The average molecular weight is 436 g/mol. The van der Waals surface area contributed by atoms with Gasteiger partial charge in [-0.25, -0.2) is 4.79 Å². The fourth-order valence-corrected chi connectivity index (χ4v) is 3.04. The topological polar surface area (TPSA) is 92.3 Å². The van der Waals surface area contributed by atoms with E-state index in [1.807, 2.05) is 30.3 Å². The van der Waals surface area contributed by atoms with Crippen molar-refractivity contribution in [1.82, 2.24) is 5.32 Å². The third kappa shape index (κ3) is 8.69. The minimum atomic E-state index is -0.867. The number of benzene rings is 1. The Morgan fingerprint density at radius 3 is 2.52 bits per heavy atom. The molecule has 172 valence electrons. The zero-order valence-corrected chi connectivity index (χ0v) is 18.9. The van der Waals surface area contributed by atoms with E-state index in [4.69, 9.17) is 23.7 Å². The lowest BCUT2D eigenvalue weighted by Crippen LogP contribution is -2.42. The van der Waals surface area contributed by atoms with Gasteiger partial charge in [0.15, 0.2) is 5.79 Å². The van der Waals surface area contributed by atoms with Crippen LogP contribution in [0.4, 0.5) is 4.79 Å². The van der Waals surface area contributed by atoms with Crippen molar-refractivity contribution in [1.29, 1.82) is 0 Å². The summed E-state index contributed by atoms with van der Waals surface area (Å²) < 4.78 is 28.3. The second kappa shape index (κ2) is 10.7. The van der Waals surface area contributed by atoms with Crippen LogP contribution in [0.5, 0.6) is 0 Å². The Balaban J connectivity index is 1.90. The second-order valence-corrected chi connectivity index (χ2v) is 8.68. The highest BCUT2D eigenvalue weighted by molar-refractivity contribution is 5.78. The van der Waals surface area contributed by atoms with Gasteiger partial charge >= 0.3 is 12.1 Å². The molecule has 1 amide bonds. The lowest BCUT2D eigenvalue weighted by Gasteiger charge is -2.24. The van der Waals surface area contributed by atoms with Crippen LogP contribution in [0.2, 0.25) is 0 Å². The first-order valence-corrected chi connectivity index (χ1v) is 10.3. The number of rotatable bonds is 9. The summed E-state index contributed by atoms with van der Waals surface area (Å²) in [5, 5.41) is 2.37. The lowest BCUT2D eigenvalue weighted by molar-refractivity contribution is -0.166. The van der Waals surface area contributed by atoms with Crippen LogP contribution in [0.3, 0.4) is 0 Å². The molecule has 1 heterocycles. The molecule has 0 saturated carbocycles. The first-order chi connectivity index (χ1) is 14.5. The Kier molecular flexibility index (Phi) is 8.61. The molecule has 31 heavy (non-hydrogen) atoms. The van der Waals surface area contributed by atoms with Gasteiger partial charge < -0.3 is 29.0 Å². The van der Waals surface area contributed by atoms with Crippen LogP contribution < -0.4 is 5.32 Å². The number of carbonyl (C=O) groups is 2. The Labute approximate surface area is 183 Å². The molecule has 1 aromatic carbocycles. The maximum atomic E-state index is 12.2. The molecular formula is C23H33NO7. The van der Waals surface area contributed by atoms with Gasteiger partial charge in [-0.2, -0.15) is 0 Å². The van der Waals surface area contributed by atoms with Crippen LogP contribution in [0.25, 0.3) is 0 Å². The maximum absolute atomic E-state index is 12.2. The van der Waals surface area contributed by atoms with Crippen molar-refractivity contribution in [3.05, 3.63) is 48.6 Å². The first-order valence-electron chi connectivity index (χ1n) is 10.3. The molecule has 1 N–H and O–H groups in total. The highest BCUT2D eigenvalue weighted by Gasteiger charge is 2.45. The molecule has 0 aliphatic carbocycles. The van der Waals surface area contributed by atoms with E-state index in [1.54, 1.807) is 34.6 Å². The molecule has 1 fully saturated rings. The van der Waals surface area contributed by atoms with Crippen molar-refractivity contribution in [2.75, 3.05) is 13.2 Å². The summed E-state index contributed by atoms with van der Waals surface area (Å²) in [5.41, 5.74) is 0.378. The number of amides is 1. The van der Waals surface area contributed by atoms with E-state index in [0.29, 0.717) is 6.61 Å². The van der Waals surface area contributed by atoms with Crippen LogP contribution in [-0.2, 0) is 35.1 Å². The van der Waals surface area contributed by atoms with Crippen LogP contribution >= 0.6 is 0 Å². The third-order valence-electron chi connectivity index (χ3n) is 4.21. The smallest absolute Gasteiger partial charge is 0.408 e. The minimum absolute atomic E-state index is 0.251. The van der Waals surface area contributed by atoms with Gasteiger partial charge in [0.2, 0.25) is 0 Å². The standard InChI is InChI=1S/C23H33NO7/c1-7-17(28-19(25)13-24-21(26)31-22(2,3)4)20-18(29-23(5,6)30-20)15-27-14-16-11-9-8-10-12-16/h7-12,17-18,20H,1,13-15H2,2-6H3,(H,24,26)/t17-,18-,20-/m0/s1. The van der Waals surface area contributed by atoms with Crippen molar-refractivity contribution < 1.29 is 33.3 Å². The predicted molar refractivity (Wildman–Crippen MR) is 114 cm³/mol. The molecule has 1 aliphatic heterocycles. The molecule has 2 rings (SSSR count). The molecule has 1 aliphatic rings. The van der Waals surface area contributed by atoms with E-state index >= 15 is 0 Å². The zero-order valence-electron chi connectivity index (χ0n) is 18.9. The molecule has 8 heteroatoms. The van der Waals surface area contributed by atoms with Crippen molar-refractivity contribution in [3.8, 4) is 0 Å². The highest BCUT2D eigenvalue weighted by Crippen LogP contribution is 2.31. The Morgan fingerprint density at radius 2 is 1.90 bits per heavy atom. The Hall–Kier alpha value is -2.42. The van der Waals surface area contributed by atoms with Gasteiger partial charge in [0.25, 0.3) is 0 Å². The van der Waals surface area contributed by atoms with Gasteiger partial charge in [-0.3, -0.25) is 4.79 Å². The van der Waals surface area contributed by atoms with Crippen molar-refractivity contribution in [2.45, 2.75) is 70.9 Å². The van der Waals surface area contributed by atoms with Crippen LogP contribution in [0.1, 0.15) is 40.2 Å². The number of alkyl carbamates (subject to hydrolysis) is 1. The molecule has 0 radical (unpaired) electrons. The lowest BCUT2D eigenvalue weighted by atomic mass is 10.1. The largest absolute Gasteiger partial charge is 0.454 e. The summed E-state index contributed by atoms with van der Waals surface area (Å²) in [6, 6.07) is 9.77. The van der Waals surface area contributed by atoms with E-state index in [1.165, 1.54) is 6.08 Å². The SMILES string of the molecule is C=C[C@H](OC(=O)CNC(=O)OC(C)(C)C)[C@@H]1OC(C)(C)O[C@H]1COCc1ccccc1. The fourth-order valence-electron chi connectivity index (χ4n) is 3.04. The van der Waals surface area contributed by atoms with Crippen molar-refractivity contribution >= 4 is 12.1 Å². The molecule has 1 aromatic rings. The van der Waals surface area contributed by atoms with E-state index in [0.717, 1.165) is 5.56 Å². The van der Waals surface area contributed by atoms with E-state index < -0.39 is 41.8 Å². The number of carbonyl (C=O) groups excluding carboxylic acids is 2. The Morgan fingerprint density at radius 1 is 1.23 bits per heavy atom. The predicted octanol–water partition coefficient (Wildman–Crippen LogP) is 3.35. The number of hydrogen-bond acceptors (Lipinski definition) is 7. The van der Waals surface area contributed by atoms with Crippen LogP contribution in [0.15, 0.2) is 43.0 Å². The number of nitrogens with one attached hydrogen (secondary N) is 1. The van der Waals surface area contributed by atoms with Gasteiger partial charge in [-0.1, -0.05) is 36.9 Å². The van der Waals surface area contributed by atoms with E-state index in [-0.39, 0.29) is 13.2 Å². The van der Waals surface area contributed by atoms with Crippen LogP contribution in [0, 0.1) is 0 Å². The molecule has 0 unspecified atom stereocenters. The van der Waals surface area contributed by atoms with Crippen molar-refractivity contribution in [3.63, 3.8) is 0 Å². The highest BCUT2D eigenvalue weighted by atomic mass is 16.8. The van der Waals surface area contributed by atoms with Gasteiger partial charge in [0.1, 0.15) is 30.5 Å². The quantitative estimate of drug-likeness (QED) is 0.470. The summed E-state index contributed by atoms with van der Waals surface area (Å²) in [5.74, 6) is -1.51. The molecule has 1 saturated heterocycles. The summed E-state index contributed by atoms with van der Waals surface area (Å²) in [4.78, 5) is 24.0. The van der Waals surface area contributed by atoms with E-state index in [9.17, 15) is 9.59 Å². The third-order valence-corrected chi connectivity index (χ3v) is 4.21. The Bertz CT molecular complexity index is 742. The van der Waals surface area contributed by atoms with Crippen molar-refractivity contribution in [2.24, 2.45) is 0 Å². The van der Waals surface area contributed by atoms with Gasteiger partial charge in [-0.05, 0) is 46.3 Å². The average Bonchev–Trinajstić information content (AvgIpc) is 2.98. The number of hydrogen-bond donors (Lipinski definition) is 1. The summed E-state index contributed by atoms with van der Waals surface area (Å²) in [6.07, 6.45) is -1.07. The number of ether oxygens (including phenoxy) is 5.